The van der Waals surface area contributed by atoms with E-state index in [1.54, 1.807) is 0 Å². The van der Waals surface area contributed by atoms with E-state index in [9.17, 15) is 0 Å². The van der Waals surface area contributed by atoms with Gasteiger partial charge >= 0.3 is 0 Å². The summed E-state index contributed by atoms with van der Waals surface area (Å²) in [5, 5.41) is 4.69. The molecule has 0 amide bonds. The van der Waals surface area contributed by atoms with Crippen molar-refractivity contribution in [1.29, 1.82) is 0 Å². The SMILES string of the molecule is c1ccc(-c2cc(-c3cccc4c3oc3ccccc34)ccc2N(c2ccccc2)c2ccc3c4ccccc4n(-c4ccccc4-c4ccccc4)c3c2)cc1. The minimum absolute atomic E-state index is 0.898. The van der Waals surface area contributed by atoms with E-state index in [0.29, 0.717) is 0 Å². The molecule has 3 nitrogen and oxygen atoms in total. The highest BCUT2D eigenvalue weighted by Gasteiger charge is 2.22. The van der Waals surface area contributed by atoms with Gasteiger partial charge in [0.1, 0.15) is 11.2 Å². The topological polar surface area (TPSA) is 21.3 Å². The third-order valence-electron chi connectivity index (χ3n) is 11.2. The van der Waals surface area contributed by atoms with Gasteiger partial charge in [0.2, 0.25) is 0 Å². The highest BCUT2D eigenvalue weighted by Crippen LogP contribution is 2.46. The molecule has 0 fully saturated rings. The van der Waals surface area contributed by atoms with Crippen LogP contribution >= 0.6 is 0 Å². The first-order valence-corrected chi connectivity index (χ1v) is 19.4. The molecule has 0 saturated heterocycles. The van der Waals surface area contributed by atoms with E-state index in [1.165, 1.54) is 27.4 Å². The minimum Gasteiger partial charge on any atom is -0.455 e. The minimum atomic E-state index is 0.898. The quantitative estimate of drug-likeness (QED) is 0.163. The lowest BCUT2D eigenvalue weighted by atomic mass is 9.95. The Morgan fingerprint density at radius 1 is 0.351 bits per heavy atom. The van der Waals surface area contributed by atoms with Crippen molar-refractivity contribution in [2.45, 2.75) is 0 Å². The Morgan fingerprint density at radius 3 is 1.77 bits per heavy atom. The maximum absolute atomic E-state index is 6.54. The van der Waals surface area contributed by atoms with Crippen molar-refractivity contribution in [3.05, 3.63) is 218 Å². The molecule has 0 atom stereocenters. The van der Waals surface area contributed by atoms with Crippen LogP contribution in [-0.2, 0) is 0 Å². The normalized spacial score (nSPS) is 11.5. The summed E-state index contributed by atoms with van der Waals surface area (Å²) < 4.78 is 8.98. The van der Waals surface area contributed by atoms with Crippen LogP contribution in [0.2, 0.25) is 0 Å². The Balaban J connectivity index is 1.16. The Morgan fingerprint density at radius 2 is 0.965 bits per heavy atom. The molecule has 0 spiro atoms. The number of nitrogens with zero attached hydrogens (tertiary/aromatic N) is 2. The molecule has 3 heteroatoms. The van der Waals surface area contributed by atoms with Gasteiger partial charge in [-0.15, -0.1) is 0 Å². The van der Waals surface area contributed by atoms with Crippen LogP contribution in [0.25, 0.3) is 82.8 Å². The fraction of sp³-hybridized carbons (Fsp3) is 0. The lowest BCUT2D eigenvalue weighted by Gasteiger charge is -2.28. The number of anilines is 3. The molecule has 57 heavy (non-hydrogen) atoms. The Labute approximate surface area is 330 Å². The van der Waals surface area contributed by atoms with Crippen LogP contribution in [-0.4, -0.2) is 4.57 Å². The van der Waals surface area contributed by atoms with E-state index < -0.39 is 0 Å². The summed E-state index contributed by atoms with van der Waals surface area (Å²) in [4.78, 5) is 2.40. The molecule has 0 bridgehead atoms. The van der Waals surface area contributed by atoms with Crippen LogP contribution < -0.4 is 4.90 Å². The largest absolute Gasteiger partial charge is 0.455 e. The molecule has 268 valence electrons. The zero-order valence-electron chi connectivity index (χ0n) is 31.1. The van der Waals surface area contributed by atoms with Gasteiger partial charge in [0.25, 0.3) is 0 Å². The van der Waals surface area contributed by atoms with Gasteiger partial charge in [-0.1, -0.05) is 164 Å². The number of fused-ring (bicyclic) bond motifs is 6. The maximum atomic E-state index is 6.54. The molecular weight excluding hydrogens is 693 g/mol. The van der Waals surface area contributed by atoms with Crippen LogP contribution in [0.5, 0.6) is 0 Å². The van der Waals surface area contributed by atoms with Gasteiger partial charge in [0, 0.05) is 49.6 Å². The second-order valence-electron chi connectivity index (χ2n) is 14.5. The predicted octanol–water partition coefficient (Wildman–Crippen LogP) is 15.2. The summed E-state index contributed by atoms with van der Waals surface area (Å²) >= 11 is 0. The van der Waals surface area contributed by atoms with Gasteiger partial charge in [0.15, 0.2) is 0 Å². The number of hydrogen-bond acceptors (Lipinski definition) is 2. The van der Waals surface area contributed by atoms with E-state index >= 15 is 0 Å². The molecule has 0 aliphatic rings. The van der Waals surface area contributed by atoms with Crippen molar-refractivity contribution in [3.8, 4) is 39.1 Å². The molecular formula is C54H36N2O. The molecule has 11 rings (SSSR count). The number of para-hydroxylation sites is 5. The first-order valence-electron chi connectivity index (χ1n) is 19.4. The van der Waals surface area contributed by atoms with Crippen LogP contribution in [0.4, 0.5) is 17.1 Å². The number of rotatable bonds is 7. The van der Waals surface area contributed by atoms with E-state index in [2.05, 4.69) is 216 Å². The Kier molecular flexibility index (Phi) is 7.82. The van der Waals surface area contributed by atoms with E-state index in [0.717, 1.165) is 72.5 Å². The molecule has 9 aromatic carbocycles. The molecule has 0 N–H and O–H groups in total. The van der Waals surface area contributed by atoms with Crippen LogP contribution in [0.1, 0.15) is 0 Å². The van der Waals surface area contributed by atoms with Crippen LogP contribution in [0.3, 0.4) is 0 Å². The number of furan rings is 1. The van der Waals surface area contributed by atoms with Crippen molar-refractivity contribution in [2.75, 3.05) is 4.90 Å². The van der Waals surface area contributed by atoms with Gasteiger partial charge in [-0.2, -0.15) is 0 Å². The standard InChI is InChI=1S/C54H36N2O/c1-4-17-37(18-5-1)42-23-10-13-28-49(42)56-50-29-14-11-24-44(50)45-33-32-41(36-52(45)56)55(40-21-8-3-9-22-40)51-34-31-39(35-48(51)38-19-6-2-7-20-38)43-26-16-27-47-46-25-12-15-30-53(46)57-54(43)47/h1-36H. The van der Waals surface area contributed by atoms with Crippen molar-refractivity contribution >= 4 is 60.8 Å². The molecule has 11 aromatic rings. The maximum Gasteiger partial charge on any atom is 0.143 e. The zero-order chi connectivity index (χ0) is 37.7. The number of hydrogen-bond donors (Lipinski definition) is 0. The molecule has 2 heterocycles. The monoisotopic (exact) mass is 728 g/mol. The van der Waals surface area contributed by atoms with Gasteiger partial charge in [-0.3, -0.25) is 0 Å². The van der Waals surface area contributed by atoms with Crippen molar-refractivity contribution in [2.24, 2.45) is 0 Å². The summed E-state index contributed by atoms with van der Waals surface area (Å²) in [7, 11) is 0. The number of benzene rings is 9. The Bertz CT molecular complexity index is 3230. The van der Waals surface area contributed by atoms with Crippen molar-refractivity contribution < 1.29 is 4.42 Å². The van der Waals surface area contributed by atoms with E-state index in [4.69, 9.17) is 4.42 Å². The first-order chi connectivity index (χ1) is 28.3. The average Bonchev–Trinajstić information content (AvgIpc) is 3.83. The van der Waals surface area contributed by atoms with E-state index in [-0.39, 0.29) is 0 Å². The van der Waals surface area contributed by atoms with Crippen LogP contribution in [0.15, 0.2) is 223 Å². The first kappa shape index (κ1) is 32.8. The molecule has 0 saturated carbocycles. The van der Waals surface area contributed by atoms with E-state index in [1.807, 2.05) is 12.1 Å². The molecule has 0 aliphatic carbocycles. The summed E-state index contributed by atoms with van der Waals surface area (Å²) in [6.07, 6.45) is 0. The van der Waals surface area contributed by atoms with Crippen molar-refractivity contribution in [3.63, 3.8) is 0 Å². The fourth-order valence-corrected chi connectivity index (χ4v) is 8.61. The van der Waals surface area contributed by atoms with Crippen molar-refractivity contribution in [1.82, 2.24) is 4.57 Å². The van der Waals surface area contributed by atoms with Crippen LogP contribution in [0, 0.1) is 0 Å². The number of aromatic nitrogens is 1. The van der Waals surface area contributed by atoms with Gasteiger partial charge in [0.05, 0.1) is 22.4 Å². The lowest BCUT2D eigenvalue weighted by molar-refractivity contribution is 0.670. The zero-order valence-corrected chi connectivity index (χ0v) is 31.1. The van der Waals surface area contributed by atoms with Gasteiger partial charge in [-0.25, -0.2) is 0 Å². The fourth-order valence-electron chi connectivity index (χ4n) is 8.61. The summed E-state index contributed by atoms with van der Waals surface area (Å²) in [5.41, 5.74) is 15.3. The summed E-state index contributed by atoms with van der Waals surface area (Å²) in [6, 6.07) is 78.1. The molecule has 0 unspecified atom stereocenters. The third kappa shape index (κ3) is 5.51. The average molecular weight is 729 g/mol. The molecule has 0 radical (unpaired) electrons. The van der Waals surface area contributed by atoms with Gasteiger partial charge < -0.3 is 13.9 Å². The highest BCUT2D eigenvalue weighted by molar-refractivity contribution is 6.12. The third-order valence-corrected chi connectivity index (χ3v) is 11.2. The summed E-state index contributed by atoms with van der Waals surface area (Å²) in [6.45, 7) is 0. The second kappa shape index (κ2) is 13.6. The lowest BCUT2D eigenvalue weighted by Crippen LogP contribution is -2.11. The second-order valence-corrected chi connectivity index (χ2v) is 14.5. The Hall–Kier alpha value is -7.62. The predicted molar refractivity (Wildman–Crippen MR) is 239 cm³/mol. The highest BCUT2D eigenvalue weighted by atomic mass is 16.3. The molecule has 0 aliphatic heterocycles. The summed E-state index contributed by atoms with van der Waals surface area (Å²) in [5.74, 6) is 0. The smallest absolute Gasteiger partial charge is 0.143 e. The molecule has 2 aromatic heterocycles. The van der Waals surface area contributed by atoms with Gasteiger partial charge in [-0.05, 0) is 71.3 Å².